The summed E-state index contributed by atoms with van der Waals surface area (Å²) in [5.41, 5.74) is 8.01. The van der Waals surface area contributed by atoms with E-state index in [4.69, 9.17) is 5.10 Å². The van der Waals surface area contributed by atoms with Crippen molar-refractivity contribution in [1.29, 1.82) is 0 Å². The maximum absolute atomic E-state index is 13.6. The fraction of sp³-hybridized carbons (Fsp3) is 0.231. The maximum atomic E-state index is 13.6. The van der Waals surface area contributed by atoms with Crippen LogP contribution in [0.25, 0.3) is 16.9 Å². The van der Waals surface area contributed by atoms with Crippen LogP contribution in [0.4, 0.5) is 5.82 Å². The van der Waals surface area contributed by atoms with Gasteiger partial charge in [-0.05, 0) is 75.6 Å². The fourth-order valence-corrected chi connectivity index (χ4v) is 5.86. The first-order valence-corrected chi connectivity index (χ1v) is 12.4. The summed E-state index contributed by atoms with van der Waals surface area (Å²) in [5.74, 6) is 0.419. The van der Waals surface area contributed by atoms with Gasteiger partial charge in [-0.25, -0.2) is 22.4 Å². The Balaban J connectivity index is 1.67. The lowest BCUT2D eigenvalue weighted by molar-refractivity contribution is 0.590. The molecule has 0 aliphatic carbocycles. The van der Waals surface area contributed by atoms with Crippen molar-refractivity contribution in [1.82, 2.24) is 14.8 Å². The van der Waals surface area contributed by atoms with Crippen molar-refractivity contribution in [2.75, 3.05) is 10.8 Å². The minimum Gasteiger partial charge on any atom is -0.249 e. The van der Waals surface area contributed by atoms with E-state index in [1.54, 1.807) is 18.3 Å². The van der Waals surface area contributed by atoms with Crippen LogP contribution in [-0.2, 0) is 16.4 Å². The van der Waals surface area contributed by atoms with Crippen molar-refractivity contribution in [2.24, 2.45) is 0 Å². The number of anilines is 1. The van der Waals surface area contributed by atoms with E-state index in [1.807, 2.05) is 48.9 Å². The van der Waals surface area contributed by atoms with E-state index in [1.165, 1.54) is 15.4 Å². The zero-order chi connectivity index (χ0) is 23.3. The Labute approximate surface area is 194 Å². The second-order valence-electron chi connectivity index (χ2n) is 8.56. The Morgan fingerprint density at radius 1 is 0.909 bits per heavy atom. The molecule has 0 atom stereocenters. The van der Waals surface area contributed by atoms with Gasteiger partial charge in [0.15, 0.2) is 5.82 Å². The highest BCUT2D eigenvalue weighted by atomic mass is 32.2. The molecule has 0 saturated heterocycles. The quantitative estimate of drug-likeness (QED) is 0.437. The van der Waals surface area contributed by atoms with Crippen molar-refractivity contribution < 1.29 is 8.42 Å². The molecular weight excluding hydrogens is 432 g/mol. The number of fused-ring (bicyclic) bond motifs is 3. The number of hydrogen-bond acceptors (Lipinski definition) is 4. The van der Waals surface area contributed by atoms with Crippen LogP contribution in [0.2, 0.25) is 0 Å². The molecule has 6 nitrogen and oxygen atoms in total. The first-order chi connectivity index (χ1) is 15.8. The molecule has 0 spiro atoms. The van der Waals surface area contributed by atoms with Crippen molar-refractivity contribution >= 4 is 15.8 Å². The van der Waals surface area contributed by atoms with E-state index in [0.29, 0.717) is 18.8 Å². The molecular formula is C26H26N4O2S. The molecule has 1 aliphatic heterocycles. The van der Waals surface area contributed by atoms with Crippen LogP contribution >= 0.6 is 0 Å². The number of rotatable bonds is 3. The number of aromatic nitrogens is 3. The van der Waals surface area contributed by atoms with Crippen LogP contribution in [0, 0.1) is 27.7 Å². The van der Waals surface area contributed by atoms with Gasteiger partial charge in [-0.15, -0.1) is 0 Å². The summed E-state index contributed by atoms with van der Waals surface area (Å²) in [6.07, 6.45) is 2.18. The van der Waals surface area contributed by atoms with Crippen LogP contribution in [0.5, 0.6) is 0 Å². The highest BCUT2D eigenvalue weighted by Gasteiger charge is 2.33. The van der Waals surface area contributed by atoms with Gasteiger partial charge in [0.2, 0.25) is 0 Å². The van der Waals surface area contributed by atoms with Gasteiger partial charge >= 0.3 is 0 Å². The lowest BCUT2D eigenvalue weighted by atomic mass is 10.1. The molecule has 0 radical (unpaired) electrons. The molecule has 0 bridgehead atoms. The number of hydrogen-bond donors (Lipinski definition) is 0. The average molecular weight is 459 g/mol. The smallest absolute Gasteiger partial charge is 0.249 e. The molecule has 0 fully saturated rings. The number of nitrogens with zero attached hydrogens (tertiary/aromatic N) is 4. The zero-order valence-electron chi connectivity index (χ0n) is 19.2. The van der Waals surface area contributed by atoms with Crippen molar-refractivity contribution in [3.05, 3.63) is 88.7 Å². The van der Waals surface area contributed by atoms with Gasteiger partial charge in [-0.3, -0.25) is 0 Å². The number of sulfonamides is 1. The molecule has 7 heteroatoms. The lowest BCUT2D eigenvalue weighted by Gasteiger charge is -2.23. The Kier molecular flexibility index (Phi) is 5.09. The highest BCUT2D eigenvalue weighted by molar-refractivity contribution is 7.92. The third kappa shape index (κ3) is 3.43. The Morgan fingerprint density at radius 2 is 1.67 bits per heavy atom. The summed E-state index contributed by atoms with van der Waals surface area (Å²) < 4.78 is 30.6. The minimum atomic E-state index is -3.76. The second kappa shape index (κ2) is 7.85. The molecule has 4 aromatic rings. The third-order valence-electron chi connectivity index (χ3n) is 6.50. The van der Waals surface area contributed by atoms with Crippen molar-refractivity contribution in [3.8, 4) is 16.9 Å². The summed E-state index contributed by atoms with van der Waals surface area (Å²) >= 11 is 0. The Hall–Kier alpha value is -3.45. The van der Waals surface area contributed by atoms with E-state index in [0.717, 1.165) is 33.8 Å². The molecule has 5 rings (SSSR count). The van der Waals surface area contributed by atoms with E-state index >= 15 is 0 Å². The van der Waals surface area contributed by atoms with Gasteiger partial charge in [-0.1, -0.05) is 29.8 Å². The summed E-state index contributed by atoms with van der Waals surface area (Å²) in [7, 11) is -3.76. The van der Waals surface area contributed by atoms with E-state index in [-0.39, 0.29) is 4.90 Å². The number of aryl methyl sites for hydroxylation is 2. The van der Waals surface area contributed by atoms with Gasteiger partial charge < -0.3 is 0 Å². The average Bonchev–Trinajstić information content (AvgIpc) is 3.02. The zero-order valence-corrected chi connectivity index (χ0v) is 20.0. The molecule has 33 heavy (non-hydrogen) atoms. The van der Waals surface area contributed by atoms with Crippen molar-refractivity contribution in [3.63, 3.8) is 0 Å². The predicted octanol–water partition coefficient (Wildman–Crippen LogP) is 4.92. The number of benzene rings is 2. The fourth-order valence-electron chi connectivity index (χ4n) is 4.42. The van der Waals surface area contributed by atoms with Gasteiger partial charge in [0.05, 0.1) is 10.6 Å². The van der Waals surface area contributed by atoms with Crippen LogP contribution in [0.3, 0.4) is 0 Å². The van der Waals surface area contributed by atoms with E-state index < -0.39 is 10.0 Å². The molecule has 2 aromatic heterocycles. The Morgan fingerprint density at radius 3 is 2.42 bits per heavy atom. The largest absolute Gasteiger partial charge is 0.265 e. The minimum absolute atomic E-state index is 0.265. The van der Waals surface area contributed by atoms with Crippen LogP contribution in [0.15, 0.2) is 65.7 Å². The number of pyridine rings is 1. The second-order valence-corrected chi connectivity index (χ2v) is 10.4. The third-order valence-corrected chi connectivity index (χ3v) is 8.30. The normalized spacial score (nSPS) is 13.4. The molecule has 2 aromatic carbocycles. The van der Waals surface area contributed by atoms with Gasteiger partial charge in [0, 0.05) is 29.6 Å². The Bertz CT molecular complexity index is 1470. The monoisotopic (exact) mass is 458 g/mol. The summed E-state index contributed by atoms with van der Waals surface area (Å²) in [6.45, 7) is 8.48. The molecule has 3 heterocycles. The molecule has 0 unspecified atom stereocenters. The maximum Gasteiger partial charge on any atom is 0.265 e. The highest BCUT2D eigenvalue weighted by Crippen LogP contribution is 2.38. The molecule has 0 saturated carbocycles. The van der Waals surface area contributed by atoms with Gasteiger partial charge in [0.25, 0.3) is 10.0 Å². The standard InChI is InChI=1S/C26H26N4O2S/c1-17-10-12-21(13-11-17)33(31,32)29-16-14-22-20(4)30(24-9-5-7-18(2)19(24)3)28-25(22)23-8-6-15-27-26(23)29/h5-13,15H,14,16H2,1-4H3. The first kappa shape index (κ1) is 21.4. The topological polar surface area (TPSA) is 68.1 Å². The lowest BCUT2D eigenvalue weighted by Crippen LogP contribution is -2.33. The molecule has 0 N–H and O–H groups in total. The molecule has 1 aliphatic rings. The van der Waals surface area contributed by atoms with Crippen LogP contribution < -0.4 is 4.31 Å². The van der Waals surface area contributed by atoms with E-state index in [9.17, 15) is 8.42 Å². The van der Waals surface area contributed by atoms with Crippen LogP contribution in [0.1, 0.15) is 27.9 Å². The predicted molar refractivity (Wildman–Crippen MR) is 130 cm³/mol. The van der Waals surface area contributed by atoms with Crippen molar-refractivity contribution in [2.45, 2.75) is 39.0 Å². The van der Waals surface area contributed by atoms with Gasteiger partial charge in [-0.2, -0.15) is 5.10 Å². The van der Waals surface area contributed by atoms with E-state index in [2.05, 4.69) is 31.0 Å². The summed E-state index contributed by atoms with van der Waals surface area (Å²) in [4.78, 5) is 4.77. The molecule has 0 amide bonds. The SMILES string of the molecule is Cc1ccc(S(=O)(=O)N2CCc3c(nn(-c4cccc(C)c4C)c3C)-c3cccnc32)cc1. The summed E-state index contributed by atoms with van der Waals surface area (Å²) in [5, 5.41) is 4.98. The summed E-state index contributed by atoms with van der Waals surface area (Å²) in [6, 6.07) is 16.9. The van der Waals surface area contributed by atoms with Gasteiger partial charge in [0.1, 0.15) is 5.69 Å². The molecule has 168 valence electrons. The first-order valence-electron chi connectivity index (χ1n) is 11.0. The van der Waals surface area contributed by atoms with Crippen LogP contribution in [-0.4, -0.2) is 29.7 Å².